The topological polar surface area (TPSA) is 76.1 Å². The van der Waals surface area contributed by atoms with Crippen molar-refractivity contribution in [3.8, 4) is 11.3 Å². The summed E-state index contributed by atoms with van der Waals surface area (Å²) in [4.78, 5) is 17.0. The lowest BCUT2D eigenvalue weighted by Gasteiger charge is -2.09. The lowest BCUT2D eigenvalue weighted by atomic mass is 10.1. The summed E-state index contributed by atoms with van der Waals surface area (Å²) in [5.74, 6) is -0.300. The van der Waals surface area contributed by atoms with Gasteiger partial charge in [0.05, 0.1) is 10.6 Å². The molecule has 6 heteroatoms. The molecule has 3 rings (SSSR count). The summed E-state index contributed by atoms with van der Waals surface area (Å²) in [6.45, 7) is 1.68. The van der Waals surface area contributed by atoms with Crippen LogP contribution >= 0.6 is 0 Å². The quantitative estimate of drug-likeness (QED) is 0.764. The zero-order valence-corrected chi connectivity index (χ0v) is 15.2. The van der Waals surface area contributed by atoms with Gasteiger partial charge in [-0.05, 0) is 55.0 Å². The van der Waals surface area contributed by atoms with Crippen LogP contribution in [0.4, 0.5) is 5.69 Å². The van der Waals surface area contributed by atoms with Crippen molar-refractivity contribution in [2.75, 3.05) is 11.6 Å². The predicted molar refractivity (Wildman–Crippen MR) is 102 cm³/mol. The number of hydrogen-bond acceptors (Lipinski definition) is 4. The second kappa shape index (κ2) is 7.09. The third kappa shape index (κ3) is 3.97. The van der Waals surface area contributed by atoms with E-state index in [-0.39, 0.29) is 10.8 Å². The Kier molecular flexibility index (Phi) is 4.86. The second-order valence-corrected chi connectivity index (χ2v) is 7.99. The monoisotopic (exact) mass is 366 g/mol. The molecule has 0 atom stereocenters. The number of pyridine rings is 1. The highest BCUT2D eigenvalue weighted by Gasteiger charge is 2.14. The largest absolute Gasteiger partial charge is 0.322 e. The minimum atomic E-state index is -3.31. The number of anilines is 1. The van der Waals surface area contributed by atoms with Crippen molar-refractivity contribution in [2.24, 2.45) is 0 Å². The molecule has 0 saturated heterocycles. The Balaban J connectivity index is 1.84. The molecule has 0 radical (unpaired) electrons. The fraction of sp³-hybridized carbons (Fsp3) is 0.100. The van der Waals surface area contributed by atoms with Gasteiger partial charge in [0, 0.05) is 29.3 Å². The first kappa shape index (κ1) is 17.8. The van der Waals surface area contributed by atoms with E-state index in [4.69, 9.17) is 0 Å². The number of carbonyl (C=O) groups excluding carboxylic acids is 1. The van der Waals surface area contributed by atoms with Crippen LogP contribution in [0.15, 0.2) is 71.8 Å². The molecule has 0 aliphatic rings. The Morgan fingerprint density at radius 1 is 1.00 bits per heavy atom. The highest BCUT2D eigenvalue weighted by molar-refractivity contribution is 7.90. The molecule has 0 bridgehead atoms. The molecule has 0 unspecified atom stereocenters. The SMILES string of the molecule is Cc1cc(C(=O)Nc2cccc(-c3ccccn3)c2)ccc1S(C)(=O)=O. The number of nitrogens with zero attached hydrogens (tertiary/aromatic N) is 1. The van der Waals surface area contributed by atoms with E-state index in [0.29, 0.717) is 16.8 Å². The van der Waals surface area contributed by atoms with Gasteiger partial charge in [-0.3, -0.25) is 9.78 Å². The van der Waals surface area contributed by atoms with Gasteiger partial charge in [-0.25, -0.2) is 8.42 Å². The first-order valence-corrected chi connectivity index (χ1v) is 9.87. The predicted octanol–water partition coefficient (Wildman–Crippen LogP) is 3.71. The van der Waals surface area contributed by atoms with Crippen molar-refractivity contribution >= 4 is 21.4 Å². The smallest absolute Gasteiger partial charge is 0.255 e. The van der Waals surface area contributed by atoms with Crippen LogP contribution in [0.3, 0.4) is 0 Å². The summed E-state index contributed by atoms with van der Waals surface area (Å²) >= 11 is 0. The van der Waals surface area contributed by atoms with E-state index in [9.17, 15) is 13.2 Å². The lowest BCUT2D eigenvalue weighted by molar-refractivity contribution is 0.102. The van der Waals surface area contributed by atoms with Crippen molar-refractivity contribution in [3.05, 3.63) is 78.0 Å². The molecular formula is C20H18N2O3S. The van der Waals surface area contributed by atoms with Crippen molar-refractivity contribution < 1.29 is 13.2 Å². The van der Waals surface area contributed by atoms with Crippen LogP contribution < -0.4 is 5.32 Å². The summed E-state index contributed by atoms with van der Waals surface area (Å²) in [6.07, 6.45) is 2.87. The number of sulfone groups is 1. The van der Waals surface area contributed by atoms with E-state index in [1.807, 2.05) is 36.4 Å². The number of aromatic nitrogens is 1. The fourth-order valence-corrected chi connectivity index (χ4v) is 3.66. The summed E-state index contributed by atoms with van der Waals surface area (Å²) in [5, 5.41) is 2.84. The lowest BCUT2D eigenvalue weighted by Crippen LogP contribution is -2.13. The molecule has 132 valence electrons. The van der Waals surface area contributed by atoms with Gasteiger partial charge in [0.1, 0.15) is 0 Å². The van der Waals surface area contributed by atoms with Gasteiger partial charge in [-0.15, -0.1) is 0 Å². The third-order valence-electron chi connectivity index (χ3n) is 3.92. The molecule has 0 aliphatic carbocycles. The summed E-state index contributed by atoms with van der Waals surface area (Å²) < 4.78 is 23.4. The second-order valence-electron chi connectivity index (χ2n) is 6.00. The number of nitrogens with one attached hydrogen (secondary N) is 1. The highest BCUT2D eigenvalue weighted by atomic mass is 32.2. The number of carbonyl (C=O) groups is 1. The number of benzene rings is 2. The van der Waals surface area contributed by atoms with Crippen molar-refractivity contribution in [1.82, 2.24) is 4.98 Å². The number of amides is 1. The van der Waals surface area contributed by atoms with Crippen LogP contribution in [0.2, 0.25) is 0 Å². The maximum atomic E-state index is 12.5. The van der Waals surface area contributed by atoms with Gasteiger partial charge in [0.2, 0.25) is 0 Å². The van der Waals surface area contributed by atoms with Crippen molar-refractivity contribution in [3.63, 3.8) is 0 Å². The standard InChI is InChI=1S/C20H18N2O3S/c1-14-12-16(9-10-19(14)26(2,24)25)20(23)22-17-7-5-6-15(13-17)18-8-3-4-11-21-18/h3-13H,1-2H3,(H,22,23). The van der Waals surface area contributed by atoms with E-state index in [1.165, 1.54) is 12.1 Å². The van der Waals surface area contributed by atoms with Gasteiger partial charge < -0.3 is 5.32 Å². The molecule has 2 aromatic carbocycles. The first-order chi connectivity index (χ1) is 12.3. The molecule has 1 amide bonds. The van der Waals surface area contributed by atoms with Crippen LogP contribution in [0.1, 0.15) is 15.9 Å². The summed E-state index contributed by atoms with van der Waals surface area (Å²) in [6, 6.07) is 17.6. The van der Waals surface area contributed by atoms with Crippen LogP contribution in [0, 0.1) is 6.92 Å². The minimum Gasteiger partial charge on any atom is -0.322 e. The Hall–Kier alpha value is -2.99. The highest BCUT2D eigenvalue weighted by Crippen LogP contribution is 2.22. The molecule has 0 spiro atoms. The average Bonchev–Trinajstić information content (AvgIpc) is 2.61. The molecule has 1 heterocycles. The molecule has 1 N–H and O–H groups in total. The maximum absolute atomic E-state index is 12.5. The van der Waals surface area contributed by atoms with Crippen LogP contribution in [0.25, 0.3) is 11.3 Å². The van der Waals surface area contributed by atoms with Gasteiger partial charge in [0.25, 0.3) is 5.91 Å². The Morgan fingerprint density at radius 2 is 1.81 bits per heavy atom. The van der Waals surface area contributed by atoms with Gasteiger partial charge in [0.15, 0.2) is 9.84 Å². The van der Waals surface area contributed by atoms with Crippen molar-refractivity contribution in [2.45, 2.75) is 11.8 Å². The Morgan fingerprint density at radius 3 is 2.46 bits per heavy atom. The van der Waals surface area contributed by atoms with E-state index >= 15 is 0 Å². The molecule has 3 aromatic rings. The zero-order chi connectivity index (χ0) is 18.7. The van der Waals surface area contributed by atoms with Crippen LogP contribution in [-0.4, -0.2) is 25.6 Å². The first-order valence-electron chi connectivity index (χ1n) is 7.98. The number of aryl methyl sites for hydroxylation is 1. The fourth-order valence-electron chi connectivity index (χ4n) is 2.70. The molecule has 0 aliphatic heterocycles. The van der Waals surface area contributed by atoms with Crippen LogP contribution in [-0.2, 0) is 9.84 Å². The Bertz CT molecular complexity index is 1060. The molecule has 0 saturated carbocycles. The average molecular weight is 366 g/mol. The minimum absolute atomic E-state index is 0.228. The molecule has 26 heavy (non-hydrogen) atoms. The summed E-state index contributed by atoms with van der Waals surface area (Å²) in [5.41, 5.74) is 3.30. The molecule has 5 nitrogen and oxygen atoms in total. The van der Waals surface area contributed by atoms with E-state index < -0.39 is 9.84 Å². The van der Waals surface area contributed by atoms with Crippen molar-refractivity contribution in [1.29, 1.82) is 0 Å². The normalized spacial score (nSPS) is 11.2. The van der Waals surface area contributed by atoms with Crippen LogP contribution in [0.5, 0.6) is 0 Å². The molecule has 0 fully saturated rings. The molecule has 1 aromatic heterocycles. The third-order valence-corrected chi connectivity index (χ3v) is 5.17. The number of rotatable bonds is 4. The Labute approximate surface area is 152 Å². The van der Waals surface area contributed by atoms with E-state index in [2.05, 4.69) is 10.3 Å². The van der Waals surface area contributed by atoms with E-state index in [1.54, 1.807) is 25.3 Å². The number of hydrogen-bond donors (Lipinski definition) is 1. The maximum Gasteiger partial charge on any atom is 0.255 e. The summed E-state index contributed by atoms with van der Waals surface area (Å²) in [7, 11) is -3.31. The van der Waals surface area contributed by atoms with Gasteiger partial charge in [-0.1, -0.05) is 18.2 Å². The zero-order valence-electron chi connectivity index (χ0n) is 14.4. The van der Waals surface area contributed by atoms with E-state index in [0.717, 1.165) is 17.5 Å². The van der Waals surface area contributed by atoms with Gasteiger partial charge in [-0.2, -0.15) is 0 Å². The molecular weight excluding hydrogens is 348 g/mol. The van der Waals surface area contributed by atoms with Gasteiger partial charge >= 0.3 is 0 Å².